The number of anilines is 1. The van der Waals surface area contributed by atoms with E-state index >= 15 is 0 Å². The van der Waals surface area contributed by atoms with Crippen molar-refractivity contribution in [2.75, 3.05) is 12.1 Å². The van der Waals surface area contributed by atoms with Crippen molar-refractivity contribution in [3.8, 4) is 11.5 Å². The zero-order valence-corrected chi connectivity index (χ0v) is 18.7. The van der Waals surface area contributed by atoms with Gasteiger partial charge < -0.3 is 14.6 Å². The fourth-order valence-corrected chi connectivity index (χ4v) is 3.59. The number of carbonyl (C=O) groups is 3. The summed E-state index contributed by atoms with van der Waals surface area (Å²) in [4.78, 5) is 36.6. The van der Waals surface area contributed by atoms with Crippen molar-refractivity contribution in [2.45, 2.75) is 6.61 Å². The molecule has 2 amide bonds. The molecule has 2 N–H and O–H groups in total. The number of halogens is 1. The van der Waals surface area contributed by atoms with Gasteiger partial charge in [0, 0.05) is 16.7 Å². The number of carbonyl (C=O) groups excluding carboxylic acids is 2. The standard InChI is InChI=1S/C25H19ClN2O6/c1-33-21-13-18(26)11-17(22(21)34-14-15-7-9-16(10-8-15)25(31)32)12-20-23(29)27-28(24(20)30)19-5-3-2-4-6-19/h2-13H,14H2,1H3,(H,27,29)(H,31,32)/b20-12+. The maximum atomic E-state index is 13.0. The highest BCUT2D eigenvalue weighted by Crippen LogP contribution is 2.37. The van der Waals surface area contributed by atoms with E-state index in [2.05, 4.69) is 5.43 Å². The number of methoxy groups -OCH3 is 1. The summed E-state index contributed by atoms with van der Waals surface area (Å²) in [5.41, 5.74) is 4.23. The summed E-state index contributed by atoms with van der Waals surface area (Å²) in [7, 11) is 1.45. The van der Waals surface area contributed by atoms with Crippen molar-refractivity contribution in [1.82, 2.24) is 5.43 Å². The van der Waals surface area contributed by atoms with Crippen LogP contribution in [-0.4, -0.2) is 30.0 Å². The van der Waals surface area contributed by atoms with E-state index < -0.39 is 17.8 Å². The molecule has 9 heteroatoms. The number of nitrogens with zero attached hydrogens (tertiary/aromatic N) is 1. The molecule has 0 saturated carbocycles. The van der Waals surface area contributed by atoms with Gasteiger partial charge >= 0.3 is 5.97 Å². The molecule has 172 valence electrons. The van der Waals surface area contributed by atoms with E-state index in [0.717, 1.165) is 0 Å². The molecule has 0 atom stereocenters. The number of hydrogen-bond donors (Lipinski definition) is 2. The molecule has 8 nitrogen and oxygen atoms in total. The van der Waals surface area contributed by atoms with E-state index in [0.29, 0.717) is 27.6 Å². The first kappa shape index (κ1) is 22.9. The lowest BCUT2D eigenvalue weighted by atomic mass is 10.1. The molecule has 0 radical (unpaired) electrons. The topological polar surface area (TPSA) is 105 Å². The number of aromatic carboxylic acids is 1. The number of amides is 2. The van der Waals surface area contributed by atoms with Gasteiger partial charge in [0.05, 0.1) is 18.4 Å². The van der Waals surface area contributed by atoms with Crippen molar-refractivity contribution >= 4 is 41.1 Å². The first-order chi connectivity index (χ1) is 16.4. The van der Waals surface area contributed by atoms with Crippen LogP contribution in [0.25, 0.3) is 6.08 Å². The molecular formula is C25H19ClN2O6. The van der Waals surface area contributed by atoms with Crippen LogP contribution in [0, 0.1) is 0 Å². The van der Waals surface area contributed by atoms with Crippen LogP contribution in [0.2, 0.25) is 5.02 Å². The minimum atomic E-state index is -1.02. The second-order valence-corrected chi connectivity index (χ2v) is 7.73. The summed E-state index contributed by atoms with van der Waals surface area (Å²) in [5, 5.41) is 10.5. The van der Waals surface area contributed by atoms with E-state index in [4.69, 9.17) is 26.2 Å². The van der Waals surface area contributed by atoms with E-state index in [1.165, 1.54) is 30.3 Å². The number of carboxylic acid groups (broad SMARTS) is 1. The summed E-state index contributed by atoms with van der Waals surface area (Å²) < 4.78 is 11.4. The third-order valence-corrected chi connectivity index (χ3v) is 5.28. The number of rotatable bonds is 7. The van der Waals surface area contributed by atoms with Crippen LogP contribution < -0.4 is 19.9 Å². The molecule has 0 spiro atoms. The Hall–Kier alpha value is -4.30. The van der Waals surface area contributed by atoms with Crippen LogP contribution in [0.5, 0.6) is 11.5 Å². The molecule has 1 aliphatic rings. The van der Waals surface area contributed by atoms with Crippen molar-refractivity contribution in [1.29, 1.82) is 0 Å². The minimum Gasteiger partial charge on any atom is -0.493 e. The Bertz CT molecular complexity index is 1290. The molecule has 0 bridgehead atoms. The zero-order valence-electron chi connectivity index (χ0n) is 17.9. The van der Waals surface area contributed by atoms with Gasteiger partial charge in [0.2, 0.25) is 0 Å². The van der Waals surface area contributed by atoms with Crippen molar-refractivity contribution in [2.24, 2.45) is 0 Å². The van der Waals surface area contributed by atoms with Crippen LogP contribution in [0.15, 0.2) is 72.3 Å². The number of hydrazine groups is 1. The summed E-state index contributed by atoms with van der Waals surface area (Å²) >= 11 is 6.23. The number of ether oxygens (including phenoxy) is 2. The highest BCUT2D eigenvalue weighted by Gasteiger charge is 2.34. The van der Waals surface area contributed by atoms with Crippen LogP contribution in [0.1, 0.15) is 21.5 Å². The summed E-state index contributed by atoms with van der Waals surface area (Å²) in [6.45, 7) is 0.0876. The summed E-state index contributed by atoms with van der Waals surface area (Å²) in [6.07, 6.45) is 1.40. The van der Waals surface area contributed by atoms with E-state index in [9.17, 15) is 14.4 Å². The average molecular weight is 479 g/mol. The molecule has 0 aromatic heterocycles. The van der Waals surface area contributed by atoms with Gasteiger partial charge in [-0.3, -0.25) is 15.0 Å². The second-order valence-electron chi connectivity index (χ2n) is 7.29. The Morgan fingerprint density at radius 3 is 2.44 bits per heavy atom. The molecule has 4 rings (SSSR count). The molecule has 3 aromatic rings. The van der Waals surface area contributed by atoms with Gasteiger partial charge in [-0.25, -0.2) is 9.80 Å². The quantitative estimate of drug-likeness (QED) is 0.391. The Morgan fingerprint density at radius 1 is 1.09 bits per heavy atom. The largest absolute Gasteiger partial charge is 0.493 e. The fourth-order valence-electron chi connectivity index (χ4n) is 3.37. The molecule has 1 heterocycles. The predicted octanol–water partition coefficient (Wildman–Crippen LogP) is 4.09. The zero-order chi connectivity index (χ0) is 24.2. The first-order valence-electron chi connectivity index (χ1n) is 10.1. The lowest BCUT2D eigenvalue weighted by molar-refractivity contribution is -0.117. The maximum absolute atomic E-state index is 13.0. The Balaban J connectivity index is 1.66. The lowest BCUT2D eigenvalue weighted by Gasteiger charge is -2.15. The molecular weight excluding hydrogens is 460 g/mol. The molecule has 1 aliphatic heterocycles. The minimum absolute atomic E-state index is 0.0876. The van der Waals surface area contributed by atoms with Crippen molar-refractivity contribution < 1.29 is 29.0 Å². The van der Waals surface area contributed by atoms with E-state index in [1.807, 2.05) is 0 Å². The average Bonchev–Trinajstić information content (AvgIpc) is 3.12. The number of benzene rings is 3. The highest BCUT2D eigenvalue weighted by atomic mass is 35.5. The van der Waals surface area contributed by atoms with Crippen molar-refractivity contribution in [3.05, 3.63) is 94.0 Å². The van der Waals surface area contributed by atoms with Gasteiger partial charge in [-0.15, -0.1) is 0 Å². The molecule has 1 fully saturated rings. The van der Waals surface area contributed by atoms with Gasteiger partial charge in [0.1, 0.15) is 12.2 Å². The van der Waals surface area contributed by atoms with E-state index in [1.54, 1.807) is 54.6 Å². The SMILES string of the molecule is COc1cc(Cl)cc(/C=C2\C(=O)NN(c3ccccc3)C2=O)c1OCc1ccc(C(=O)O)cc1. The number of nitrogens with one attached hydrogen (secondary N) is 1. The molecule has 34 heavy (non-hydrogen) atoms. The van der Waals surface area contributed by atoms with Crippen LogP contribution in [0.3, 0.4) is 0 Å². The monoisotopic (exact) mass is 478 g/mol. The first-order valence-corrected chi connectivity index (χ1v) is 10.5. The van der Waals surface area contributed by atoms with Gasteiger partial charge in [0.15, 0.2) is 11.5 Å². The predicted molar refractivity (Wildman–Crippen MR) is 126 cm³/mol. The number of carboxylic acids is 1. The Morgan fingerprint density at radius 2 is 1.79 bits per heavy atom. The van der Waals surface area contributed by atoms with Gasteiger partial charge in [-0.2, -0.15) is 0 Å². The van der Waals surface area contributed by atoms with Gasteiger partial charge in [0.25, 0.3) is 11.8 Å². The summed E-state index contributed by atoms with van der Waals surface area (Å²) in [6, 6.07) is 18.1. The molecule has 1 saturated heterocycles. The maximum Gasteiger partial charge on any atom is 0.335 e. The van der Waals surface area contributed by atoms with Crippen LogP contribution in [0.4, 0.5) is 5.69 Å². The number of para-hydroxylation sites is 1. The Kier molecular flexibility index (Phi) is 6.51. The summed E-state index contributed by atoms with van der Waals surface area (Å²) in [5.74, 6) is -1.52. The fraction of sp³-hybridized carbons (Fsp3) is 0.0800. The highest BCUT2D eigenvalue weighted by molar-refractivity contribution is 6.32. The third kappa shape index (κ3) is 4.72. The number of hydrogen-bond acceptors (Lipinski definition) is 5. The normalized spacial score (nSPS) is 14.3. The Labute approximate surface area is 199 Å². The third-order valence-electron chi connectivity index (χ3n) is 5.06. The van der Waals surface area contributed by atoms with Crippen LogP contribution in [-0.2, 0) is 16.2 Å². The molecule has 0 aliphatic carbocycles. The van der Waals surface area contributed by atoms with Gasteiger partial charge in [-0.1, -0.05) is 41.9 Å². The van der Waals surface area contributed by atoms with Crippen LogP contribution >= 0.6 is 11.6 Å². The molecule has 3 aromatic carbocycles. The van der Waals surface area contributed by atoms with E-state index in [-0.39, 0.29) is 23.5 Å². The molecule has 0 unspecified atom stereocenters. The second kappa shape index (κ2) is 9.68. The van der Waals surface area contributed by atoms with Gasteiger partial charge in [-0.05, 0) is 42.0 Å². The van der Waals surface area contributed by atoms with Crippen molar-refractivity contribution in [3.63, 3.8) is 0 Å². The smallest absolute Gasteiger partial charge is 0.335 e. The lowest BCUT2D eigenvalue weighted by Crippen LogP contribution is -2.35.